The molecule has 1 fully saturated rings. The zero-order chi connectivity index (χ0) is 15.9. The second-order valence-corrected chi connectivity index (χ2v) is 6.73. The van der Waals surface area contributed by atoms with Crippen LogP contribution in [0.2, 0.25) is 0 Å². The van der Waals surface area contributed by atoms with Gasteiger partial charge < -0.3 is 5.32 Å². The first kappa shape index (κ1) is 17.0. The number of carbonyl (C=O) groups is 1. The van der Waals surface area contributed by atoms with Crippen LogP contribution in [0, 0.1) is 12.8 Å². The van der Waals surface area contributed by atoms with Crippen molar-refractivity contribution in [2.24, 2.45) is 5.92 Å². The van der Waals surface area contributed by atoms with Crippen molar-refractivity contribution in [3.63, 3.8) is 0 Å². The van der Waals surface area contributed by atoms with Crippen molar-refractivity contribution in [1.29, 1.82) is 0 Å². The Hall–Kier alpha value is -1.35. The third kappa shape index (κ3) is 5.13. The van der Waals surface area contributed by atoms with E-state index in [1.165, 1.54) is 11.1 Å². The molecule has 2 rings (SSSR count). The summed E-state index contributed by atoms with van der Waals surface area (Å²) in [7, 11) is 0. The normalized spacial score (nSPS) is 18.1. The van der Waals surface area contributed by atoms with Gasteiger partial charge in [-0.3, -0.25) is 9.69 Å². The largest absolute Gasteiger partial charge is 0.353 e. The van der Waals surface area contributed by atoms with Crippen molar-refractivity contribution in [2.45, 2.75) is 59.0 Å². The number of benzene rings is 1. The van der Waals surface area contributed by atoms with Crippen LogP contribution in [0.3, 0.4) is 0 Å². The number of carbonyl (C=O) groups excluding carboxylic acids is 1. The molecule has 1 aromatic carbocycles. The van der Waals surface area contributed by atoms with Gasteiger partial charge in [0.05, 0.1) is 0 Å². The Morgan fingerprint density at radius 2 is 1.91 bits per heavy atom. The van der Waals surface area contributed by atoms with Gasteiger partial charge in [0, 0.05) is 18.5 Å². The highest BCUT2D eigenvalue weighted by Gasteiger charge is 2.25. The molecule has 0 aliphatic carbocycles. The van der Waals surface area contributed by atoms with E-state index in [1.54, 1.807) is 0 Å². The lowest BCUT2D eigenvalue weighted by atomic mass is 9.95. The maximum absolute atomic E-state index is 12.3. The minimum Gasteiger partial charge on any atom is -0.353 e. The van der Waals surface area contributed by atoms with Gasteiger partial charge in [-0.25, -0.2) is 0 Å². The van der Waals surface area contributed by atoms with Crippen molar-refractivity contribution >= 4 is 5.91 Å². The summed E-state index contributed by atoms with van der Waals surface area (Å²) >= 11 is 0. The molecule has 1 N–H and O–H groups in total. The molecule has 0 bridgehead atoms. The quantitative estimate of drug-likeness (QED) is 0.872. The van der Waals surface area contributed by atoms with E-state index in [9.17, 15) is 4.79 Å². The minimum atomic E-state index is 0.202. The fourth-order valence-electron chi connectivity index (χ4n) is 3.17. The molecule has 1 aromatic rings. The molecular weight excluding hydrogens is 272 g/mol. The highest BCUT2D eigenvalue weighted by atomic mass is 16.1. The summed E-state index contributed by atoms with van der Waals surface area (Å²) in [4.78, 5) is 14.7. The standard InChI is InChI=1S/C19H30N2O/c1-4-5-16(3)20-19(22)18-10-12-21(13-11-18)14-17-8-6-15(2)7-9-17/h6-9,16,18H,4-5,10-14H2,1-3H3,(H,20,22)/t16-/m1/s1. The van der Waals surface area contributed by atoms with E-state index < -0.39 is 0 Å². The molecule has 0 aromatic heterocycles. The highest BCUT2D eigenvalue weighted by Crippen LogP contribution is 2.19. The fourth-order valence-corrected chi connectivity index (χ4v) is 3.17. The van der Waals surface area contributed by atoms with Gasteiger partial charge in [-0.05, 0) is 51.8 Å². The Balaban J connectivity index is 1.75. The zero-order valence-corrected chi connectivity index (χ0v) is 14.3. The first-order chi connectivity index (χ1) is 10.6. The second kappa shape index (κ2) is 8.33. The zero-order valence-electron chi connectivity index (χ0n) is 14.3. The summed E-state index contributed by atoms with van der Waals surface area (Å²) in [6.45, 7) is 9.43. The lowest BCUT2D eigenvalue weighted by Gasteiger charge is -2.32. The molecule has 1 saturated heterocycles. The second-order valence-electron chi connectivity index (χ2n) is 6.73. The Bertz CT molecular complexity index is 461. The van der Waals surface area contributed by atoms with Gasteiger partial charge in [0.15, 0.2) is 0 Å². The smallest absolute Gasteiger partial charge is 0.223 e. The fraction of sp³-hybridized carbons (Fsp3) is 0.632. The first-order valence-electron chi connectivity index (χ1n) is 8.66. The molecule has 3 heteroatoms. The van der Waals surface area contributed by atoms with Gasteiger partial charge in [0.1, 0.15) is 0 Å². The topological polar surface area (TPSA) is 32.3 Å². The van der Waals surface area contributed by atoms with Crippen LogP contribution in [0.15, 0.2) is 24.3 Å². The van der Waals surface area contributed by atoms with Crippen molar-refractivity contribution < 1.29 is 4.79 Å². The van der Waals surface area contributed by atoms with Crippen LogP contribution in [0.25, 0.3) is 0 Å². The van der Waals surface area contributed by atoms with Crippen LogP contribution >= 0.6 is 0 Å². The number of hydrogen-bond donors (Lipinski definition) is 1. The molecule has 0 radical (unpaired) electrons. The monoisotopic (exact) mass is 302 g/mol. The maximum atomic E-state index is 12.3. The van der Waals surface area contributed by atoms with Gasteiger partial charge in [0.2, 0.25) is 5.91 Å². The molecule has 1 aliphatic heterocycles. The van der Waals surface area contributed by atoms with Crippen LogP contribution in [0.1, 0.15) is 50.7 Å². The lowest BCUT2D eigenvalue weighted by molar-refractivity contribution is -0.127. The van der Waals surface area contributed by atoms with Crippen LogP contribution in [-0.2, 0) is 11.3 Å². The Morgan fingerprint density at radius 1 is 1.27 bits per heavy atom. The summed E-state index contributed by atoms with van der Waals surface area (Å²) in [5.41, 5.74) is 2.67. The number of hydrogen-bond acceptors (Lipinski definition) is 2. The molecule has 1 atom stereocenters. The van der Waals surface area contributed by atoms with Crippen molar-refractivity contribution in [3.8, 4) is 0 Å². The number of nitrogens with zero attached hydrogens (tertiary/aromatic N) is 1. The minimum absolute atomic E-state index is 0.202. The highest BCUT2D eigenvalue weighted by molar-refractivity contribution is 5.79. The number of nitrogens with one attached hydrogen (secondary N) is 1. The maximum Gasteiger partial charge on any atom is 0.223 e. The van der Waals surface area contributed by atoms with E-state index in [2.05, 4.69) is 55.3 Å². The third-order valence-electron chi connectivity index (χ3n) is 4.60. The molecule has 1 amide bonds. The van der Waals surface area contributed by atoms with Gasteiger partial charge in [-0.1, -0.05) is 43.2 Å². The van der Waals surface area contributed by atoms with E-state index in [-0.39, 0.29) is 11.8 Å². The number of rotatable bonds is 6. The molecular formula is C19H30N2O. The van der Waals surface area contributed by atoms with E-state index in [1.807, 2.05) is 0 Å². The lowest BCUT2D eigenvalue weighted by Crippen LogP contribution is -2.42. The molecule has 3 nitrogen and oxygen atoms in total. The molecule has 0 spiro atoms. The SMILES string of the molecule is CCC[C@@H](C)NC(=O)C1CCN(Cc2ccc(C)cc2)CC1. The van der Waals surface area contributed by atoms with Gasteiger partial charge in [-0.2, -0.15) is 0 Å². The molecule has 22 heavy (non-hydrogen) atoms. The number of likely N-dealkylation sites (tertiary alicyclic amines) is 1. The average molecular weight is 302 g/mol. The van der Waals surface area contributed by atoms with E-state index in [4.69, 9.17) is 0 Å². The van der Waals surface area contributed by atoms with Crippen LogP contribution in [0.4, 0.5) is 0 Å². The van der Waals surface area contributed by atoms with Crippen LogP contribution < -0.4 is 5.32 Å². The van der Waals surface area contributed by atoms with Gasteiger partial charge in [0.25, 0.3) is 0 Å². The van der Waals surface area contributed by atoms with E-state index >= 15 is 0 Å². The van der Waals surface area contributed by atoms with E-state index in [0.29, 0.717) is 6.04 Å². The average Bonchev–Trinajstić information content (AvgIpc) is 2.50. The Labute approximate surface area is 135 Å². The summed E-state index contributed by atoms with van der Waals surface area (Å²) in [5.74, 6) is 0.463. The summed E-state index contributed by atoms with van der Waals surface area (Å²) in [6, 6.07) is 9.07. The molecule has 0 unspecified atom stereocenters. The third-order valence-corrected chi connectivity index (χ3v) is 4.60. The first-order valence-corrected chi connectivity index (χ1v) is 8.66. The van der Waals surface area contributed by atoms with E-state index in [0.717, 1.165) is 45.3 Å². The predicted octanol–water partition coefficient (Wildman–Crippen LogP) is 3.51. The number of aryl methyl sites for hydroxylation is 1. The number of amides is 1. The van der Waals surface area contributed by atoms with Gasteiger partial charge >= 0.3 is 0 Å². The molecule has 122 valence electrons. The molecule has 1 heterocycles. The summed E-state index contributed by atoms with van der Waals surface area (Å²) in [6.07, 6.45) is 4.15. The molecule has 0 saturated carbocycles. The Morgan fingerprint density at radius 3 is 2.50 bits per heavy atom. The molecule has 1 aliphatic rings. The predicted molar refractivity (Wildman–Crippen MR) is 91.7 cm³/mol. The van der Waals surface area contributed by atoms with Gasteiger partial charge in [-0.15, -0.1) is 0 Å². The van der Waals surface area contributed by atoms with Crippen molar-refractivity contribution in [3.05, 3.63) is 35.4 Å². The van der Waals surface area contributed by atoms with Crippen LogP contribution in [-0.4, -0.2) is 29.9 Å². The number of piperidine rings is 1. The summed E-state index contributed by atoms with van der Waals surface area (Å²) in [5, 5.41) is 3.16. The Kier molecular flexibility index (Phi) is 6.44. The van der Waals surface area contributed by atoms with Crippen LogP contribution in [0.5, 0.6) is 0 Å². The van der Waals surface area contributed by atoms with Crippen molar-refractivity contribution in [2.75, 3.05) is 13.1 Å². The summed E-state index contributed by atoms with van der Waals surface area (Å²) < 4.78 is 0. The van der Waals surface area contributed by atoms with Crippen molar-refractivity contribution in [1.82, 2.24) is 10.2 Å².